The Morgan fingerprint density at radius 3 is 2.45 bits per heavy atom. The molecule has 3 aromatic rings. The third-order valence-corrected chi connectivity index (χ3v) is 3.97. The maximum Gasteiger partial charge on any atom is 0.357 e. The second kappa shape index (κ2) is 8.81. The zero-order valence-corrected chi connectivity index (χ0v) is 15.5. The lowest BCUT2D eigenvalue weighted by molar-refractivity contribution is -0.386. The summed E-state index contributed by atoms with van der Waals surface area (Å²) in [7, 11) is 0. The zero-order chi connectivity index (χ0) is 20.8. The van der Waals surface area contributed by atoms with Crippen molar-refractivity contribution >= 4 is 41.3 Å². The number of nitro groups is 1. The highest BCUT2D eigenvalue weighted by molar-refractivity contribution is 6.30. The van der Waals surface area contributed by atoms with Crippen molar-refractivity contribution in [3.8, 4) is 0 Å². The van der Waals surface area contributed by atoms with Gasteiger partial charge >= 0.3 is 16.9 Å². The van der Waals surface area contributed by atoms with Gasteiger partial charge in [0, 0.05) is 5.02 Å². The normalized spacial score (nSPS) is 11.2. The van der Waals surface area contributed by atoms with Gasteiger partial charge in [0.2, 0.25) is 0 Å². The molecule has 1 aromatic heterocycles. The predicted octanol–water partition coefficient (Wildman–Crippen LogP) is 3.24. The summed E-state index contributed by atoms with van der Waals surface area (Å²) < 4.78 is 0. The van der Waals surface area contributed by atoms with Crippen LogP contribution in [-0.2, 0) is 0 Å². The van der Waals surface area contributed by atoms with Crippen molar-refractivity contribution in [3.05, 3.63) is 101 Å². The average Bonchev–Trinajstić information content (AvgIpc) is 2.66. The van der Waals surface area contributed by atoms with Crippen molar-refractivity contribution in [2.45, 2.75) is 0 Å². The molecule has 29 heavy (non-hydrogen) atoms. The monoisotopic (exact) mass is 411 g/mol. The van der Waals surface area contributed by atoms with Crippen LogP contribution in [0.2, 0.25) is 5.02 Å². The number of hydrogen-bond acceptors (Lipinski definition) is 6. The van der Waals surface area contributed by atoms with Crippen LogP contribution in [0.4, 0.5) is 11.4 Å². The third-order valence-electron chi connectivity index (χ3n) is 3.74. The molecule has 0 spiro atoms. The van der Waals surface area contributed by atoms with Crippen molar-refractivity contribution in [2.24, 2.45) is 5.10 Å². The topological polar surface area (TPSA) is 133 Å². The molecule has 0 amide bonds. The van der Waals surface area contributed by atoms with Gasteiger partial charge in [0.25, 0.3) is 0 Å². The van der Waals surface area contributed by atoms with E-state index in [1.807, 2.05) is 11.1 Å². The number of aromatic amines is 2. The van der Waals surface area contributed by atoms with Crippen LogP contribution in [0.15, 0.2) is 63.2 Å². The summed E-state index contributed by atoms with van der Waals surface area (Å²) in [5, 5.41) is 15.8. The molecule has 1 heterocycles. The van der Waals surface area contributed by atoms with Crippen LogP contribution in [-0.4, -0.2) is 21.1 Å². The number of anilines is 1. The van der Waals surface area contributed by atoms with Crippen molar-refractivity contribution in [3.63, 3.8) is 0 Å². The van der Waals surface area contributed by atoms with E-state index >= 15 is 0 Å². The van der Waals surface area contributed by atoms with Gasteiger partial charge < -0.3 is 4.98 Å². The minimum atomic E-state index is -1.06. The largest absolute Gasteiger partial charge is 0.357 e. The summed E-state index contributed by atoms with van der Waals surface area (Å²) in [4.78, 5) is 37.2. The first kappa shape index (κ1) is 19.8. The number of halogens is 1. The highest BCUT2D eigenvalue weighted by Crippen LogP contribution is 2.15. The molecular formula is C19H14ClN5O4. The van der Waals surface area contributed by atoms with E-state index in [2.05, 4.69) is 15.5 Å². The molecule has 0 aliphatic carbocycles. The van der Waals surface area contributed by atoms with Gasteiger partial charge in [-0.25, -0.2) is 4.79 Å². The van der Waals surface area contributed by atoms with Crippen molar-refractivity contribution in [2.75, 3.05) is 5.43 Å². The van der Waals surface area contributed by atoms with Crippen LogP contribution >= 0.6 is 11.6 Å². The second-order valence-electron chi connectivity index (χ2n) is 5.81. The van der Waals surface area contributed by atoms with E-state index in [0.29, 0.717) is 10.6 Å². The molecule has 3 rings (SSSR count). The number of H-pyrrole nitrogens is 2. The first-order valence-electron chi connectivity index (χ1n) is 8.26. The Morgan fingerprint density at radius 1 is 1.03 bits per heavy atom. The highest BCUT2D eigenvalue weighted by atomic mass is 35.5. The van der Waals surface area contributed by atoms with E-state index in [4.69, 9.17) is 11.6 Å². The van der Waals surface area contributed by atoms with Crippen molar-refractivity contribution in [1.82, 2.24) is 9.97 Å². The molecule has 9 nitrogen and oxygen atoms in total. The van der Waals surface area contributed by atoms with Gasteiger partial charge in [0.15, 0.2) is 0 Å². The molecule has 2 aromatic carbocycles. The number of aromatic nitrogens is 2. The minimum Gasteiger partial charge on any atom is -0.301 e. The third kappa shape index (κ3) is 5.27. The van der Waals surface area contributed by atoms with Gasteiger partial charge in [-0.05, 0) is 35.4 Å². The quantitative estimate of drug-likeness (QED) is 0.325. The molecule has 10 heteroatoms. The van der Waals surface area contributed by atoms with Gasteiger partial charge in [-0.1, -0.05) is 48.0 Å². The van der Waals surface area contributed by atoms with Crippen molar-refractivity contribution in [1.29, 1.82) is 0 Å². The first-order valence-corrected chi connectivity index (χ1v) is 8.64. The molecule has 146 valence electrons. The Labute approximate surface area is 168 Å². The molecule has 0 unspecified atom stereocenters. The minimum absolute atomic E-state index is 0.180. The van der Waals surface area contributed by atoms with Crippen LogP contribution in [0.1, 0.15) is 16.8 Å². The fraction of sp³-hybridized carbons (Fsp3) is 0. The zero-order valence-electron chi connectivity index (χ0n) is 14.8. The van der Waals surface area contributed by atoms with Crippen LogP contribution in [0, 0.1) is 10.1 Å². The lowest BCUT2D eigenvalue weighted by atomic mass is 10.1. The smallest absolute Gasteiger partial charge is 0.301 e. The fourth-order valence-electron chi connectivity index (χ4n) is 2.41. The van der Waals surface area contributed by atoms with Crippen molar-refractivity contribution < 1.29 is 4.92 Å². The second-order valence-corrected chi connectivity index (χ2v) is 6.24. The SMILES string of the molecule is O=c1[nH]c(/C=C/c2ccc(/C=N/Nc3cccc(Cl)c3)cc2)c([N+](=O)[O-])c(=O)[nH]1. The van der Waals surface area contributed by atoms with Gasteiger partial charge in [-0.15, -0.1) is 0 Å². The molecule has 3 N–H and O–H groups in total. The van der Waals surface area contributed by atoms with Gasteiger partial charge in [-0.3, -0.25) is 25.3 Å². The standard InChI is InChI=1S/C19H14ClN5O4/c20-14-2-1-3-15(10-14)24-21-11-13-6-4-12(5-7-13)8-9-16-17(25(28)29)18(26)23-19(27)22-16/h1-11,24H,(H2,22,23,26,27)/b9-8+,21-11+. The Kier molecular flexibility index (Phi) is 6.00. The average molecular weight is 412 g/mol. The molecule has 0 bridgehead atoms. The van der Waals surface area contributed by atoms with E-state index in [1.54, 1.807) is 54.8 Å². The molecular weight excluding hydrogens is 398 g/mol. The van der Waals surface area contributed by atoms with E-state index in [-0.39, 0.29) is 5.69 Å². The Balaban J connectivity index is 1.73. The van der Waals surface area contributed by atoms with E-state index in [0.717, 1.165) is 11.3 Å². The summed E-state index contributed by atoms with van der Waals surface area (Å²) in [6.07, 6.45) is 4.47. The Hall–Kier alpha value is -3.98. The molecule has 0 aliphatic rings. The lowest BCUT2D eigenvalue weighted by Gasteiger charge is -2.00. The summed E-state index contributed by atoms with van der Waals surface area (Å²) in [5.41, 5.74) is 2.35. The number of benzene rings is 2. The van der Waals surface area contributed by atoms with Crippen LogP contribution in [0.3, 0.4) is 0 Å². The number of hydrazone groups is 1. The van der Waals surface area contributed by atoms with Crippen LogP contribution in [0.5, 0.6) is 0 Å². The molecule has 0 aliphatic heterocycles. The Morgan fingerprint density at radius 2 is 1.76 bits per heavy atom. The van der Waals surface area contributed by atoms with Gasteiger partial charge in [-0.2, -0.15) is 5.10 Å². The maximum atomic E-state index is 11.6. The number of hydrogen-bond donors (Lipinski definition) is 3. The number of nitrogens with zero attached hydrogens (tertiary/aromatic N) is 2. The van der Waals surface area contributed by atoms with E-state index in [1.165, 1.54) is 6.08 Å². The maximum absolute atomic E-state index is 11.6. The predicted molar refractivity (Wildman–Crippen MR) is 112 cm³/mol. The fourth-order valence-corrected chi connectivity index (χ4v) is 2.60. The lowest BCUT2D eigenvalue weighted by Crippen LogP contribution is -2.25. The van der Waals surface area contributed by atoms with Gasteiger partial charge in [0.05, 0.1) is 16.8 Å². The molecule has 0 saturated carbocycles. The molecule has 0 fully saturated rings. The summed E-state index contributed by atoms with van der Waals surface area (Å²) >= 11 is 5.90. The van der Waals surface area contributed by atoms with Gasteiger partial charge in [0.1, 0.15) is 5.69 Å². The summed E-state index contributed by atoms with van der Waals surface area (Å²) in [5.74, 6) is 0. The number of rotatable bonds is 6. The molecule has 0 radical (unpaired) electrons. The highest BCUT2D eigenvalue weighted by Gasteiger charge is 2.18. The van der Waals surface area contributed by atoms with Crippen LogP contribution < -0.4 is 16.7 Å². The molecule has 0 atom stereocenters. The van der Waals surface area contributed by atoms with E-state index < -0.39 is 21.9 Å². The molecule has 0 saturated heterocycles. The van der Waals surface area contributed by atoms with Crippen LogP contribution in [0.25, 0.3) is 12.2 Å². The summed E-state index contributed by atoms with van der Waals surface area (Å²) in [6, 6.07) is 14.2. The van der Waals surface area contributed by atoms with E-state index in [9.17, 15) is 19.7 Å². The number of nitrogens with one attached hydrogen (secondary N) is 3. The Bertz CT molecular complexity index is 1210. The first-order chi connectivity index (χ1) is 13.9. The summed E-state index contributed by atoms with van der Waals surface area (Å²) in [6.45, 7) is 0.